The quantitative estimate of drug-likeness (QED) is 0.852. The predicted molar refractivity (Wildman–Crippen MR) is 78.8 cm³/mol. The normalized spacial score (nSPS) is 34.1. The summed E-state index contributed by atoms with van der Waals surface area (Å²) in [6.07, 6.45) is 5.01. The predicted octanol–water partition coefficient (Wildman–Crippen LogP) is 1.43. The van der Waals surface area contributed by atoms with Gasteiger partial charge in [0.15, 0.2) is 0 Å². The molecule has 1 heterocycles. The van der Waals surface area contributed by atoms with Gasteiger partial charge in [0.05, 0.1) is 11.8 Å². The molecule has 118 valence electrons. The smallest absolute Gasteiger partial charge is 0.307 e. The van der Waals surface area contributed by atoms with Crippen molar-refractivity contribution in [3.8, 4) is 0 Å². The molecular formula is C16H26N2O3. The highest BCUT2D eigenvalue weighted by Gasteiger charge is 2.44. The second-order valence-electron chi connectivity index (χ2n) is 6.89. The molecular weight excluding hydrogens is 268 g/mol. The third-order valence-electron chi connectivity index (χ3n) is 5.56. The van der Waals surface area contributed by atoms with Crippen LogP contribution in [0.15, 0.2) is 0 Å². The van der Waals surface area contributed by atoms with Crippen LogP contribution in [0.1, 0.15) is 39.0 Å². The zero-order valence-corrected chi connectivity index (χ0v) is 12.8. The van der Waals surface area contributed by atoms with Crippen molar-refractivity contribution in [1.82, 2.24) is 9.80 Å². The van der Waals surface area contributed by atoms with Crippen LogP contribution in [0.4, 0.5) is 0 Å². The van der Waals surface area contributed by atoms with Gasteiger partial charge in [-0.05, 0) is 31.6 Å². The molecule has 5 heteroatoms. The third-order valence-corrected chi connectivity index (χ3v) is 5.56. The minimum absolute atomic E-state index is 0.0915. The van der Waals surface area contributed by atoms with Crippen LogP contribution in [0.25, 0.3) is 0 Å². The fourth-order valence-corrected chi connectivity index (χ4v) is 4.00. The van der Waals surface area contributed by atoms with E-state index in [1.54, 1.807) is 0 Å². The molecule has 21 heavy (non-hydrogen) atoms. The maximum Gasteiger partial charge on any atom is 0.307 e. The molecule has 1 saturated heterocycles. The summed E-state index contributed by atoms with van der Waals surface area (Å²) in [5.74, 6) is -1.06. The number of carbonyl (C=O) groups is 2. The van der Waals surface area contributed by atoms with Crippen molar-refractivity contribution in [2.24, 2.45) is 17.8 Å². The molecule has 3 fully saturated rings. The first-order chi connectivity index (χ1) is 10.1. The zero-order chi connectivity index (χ0) is 15.0. The van der Waals surface area contributed by atoms with Crippen molar-refractivity contribution < 1.29 is 14.7 Å². The number of amides is 1. The number of hydrogen-bond acceptors (Lipinski definition) is 3. The Hall–Kier alpha value is -1.10. The lowest BCUT2D eigenvalue weighted by Crippen LogP contribution is -2.51. The fourth-order valence-electron chi connectivity index (χ4n) is 4.00. The van der Waals surface area contributed by atoms with Gasteiger partial charge in [0.2, 0.25) is 5.91 Å². The van der Waals surface area contributed by atoms with Gasteiger partial charge in [0.1, 0.15) is 0 Å². The Bertz CT molecular complexity index is 414. The summed E-state index contributed by atoms with van der Waals surface area (Å²) in [6, 6.07) is 0.755. The van der Waals surface area contributed by atoms with E-state index in [9.17, 15) is 14.7 Å². The number of piperazine rings is 1. The van der Waals surface area contributed by atoms with Crippen LogP contribution in [0.5, 0.6) is 0 Å². The number of rotatable bonds is 4. The molecule has 5 nitrogen and oxygen atoms in total. The zero-order valence-electron chi connectivity index (χ0n) is 12.8. The highest BCUT2D eigenvalue weighted by Crippen LogP contribution is 2.39. The molecule has 1 amide bonds. The van der Waals surface area contributed by atoms with E-state index in [1.807, 2.05) is 4.90 Å². The summed E-state index contributed by atoms with van der Waals surface area (Å²) in [7, 11) is 0. The monoisotopic (exact) mass is 294 g/mol. The van der Waals surface area contributed by atoms with E-state index < -0.39 is 11.9 Å². The van der Waals surface area contributed by atoms with E-state index in [2.05, 4.69) is 11.8 Å². The van der Waals surface area contributed by atoms with Gasteiger partial charge in [-0.2, -0.15) is 0 Å². The second-order valence-corrected chi connectivity index (χ2v) is 6.89. The molecule has 1 aliphatic heterocycles. The van der Waals surface area contributed by atoms with Crippen molar-refractivity contribution in [1.29, 1.82) is 0 Å². The van der Waals surface area contributed by atoms with Crippen LogP contribution in [0, 0.1) is 17.8 Å². The maximum atomic E-state index is 12.7. The minimum Gasteiger partial charge on any atom is -0.481 e. The van der Waals surface area contributed by atoms with Gasteiger partial charge in [-0.1, -0.05) is 13.3 Å². The van der Waals surface area contributed by atoms with Gasteiger partial charge in [0, 0.05) is 32.2 Å². The number of carboxylic acid groups (broad SMARTS) is 1. The van der Waals surface area contributed by atoms with Gasteiger partial charge in [-0.3, -0.25) is 14.5 Å². The molecule has 0 aromatic carbocycles. The molecule has 0 bridgehead atoms. The Balaban J connectivity index is 1.59. The summed E-state index contributed by atoms with van der Waals surface area (Å²) >= 11 is 0. The molecule has 2 saturated carbocycles. The molecule has 2 aliphatic carbocycles. The van der Waals surface area contributed by atoms with E-state index in [-0.39, 0.29) is 11.8 Å². The van der Waals surface area contributed by atoms with Crippen LogP contribution in [-0.4, -0.2) is 59.0 Å². The van der Waals surface area contributed by atoms with Crippen LogP contribution in [0.2, 0.25) is 0 Å². The van der Waals surface area contributed by atoms with E-state index >= 15 is 0 Å². The van der Waals surface area contributed by atoms with Gasteiger partial charge in [-0.25, -0.2) is 0 Å². The van der Waals surface area contributed by atoms with Crippen LogP contribution in [0.3, 0.4) is 0 Å². The van der Waals surface area contributed by atoms with E-state index in [0.29, 0.717) is 12.3 Å². The van der Waals surface area contributed by atoms with E-state index in [4.69, 9.17) is 0 Å². The number of carboxylic acids is 1. The number of carbonyl (C=O) groups excluding carboxylic acids is 1. The van der Waals surface area contributed by atoms with Gasteiger partial charge >= 0.3 is 5.97 Å². The van der Waals surface area contributed by atoms with Crippen molar-refractivity contribution in [2.45, 2.75) is 45.1 Å². The SMILES string of the molecule is CCC1C[C@H](C(=O)N2CCN(C3CC3)CC2)[C@H](C(=O)O)C1. The standard InChI is InChI=1S/C16H26N2O3/c1-2-11-9-13(14(10-11)16(20)21)15(19)18-7-5-17(6-8-18)12-3-4-12/h11-14H,2-10H2,1H3,(H,20,21)/t11?,13-,14+/m0/s1. The molecule has 3 aliphatic rings. The second kappa shape index (κ2) is 5.95. The first-order valence-corrected chi connectivity index (χ1v) is 8.35. The Kier molecular flexibility index (Phi) is 4.20. The highest BCUT2D eigenvalue weighted by molar-refractivity contribution is 5.85. The van der Waals surface area contributed by atoms with Crippen molar-refractivity contribution in [2.75, 3.05) is 26.2 Å². The molecule has 3 atom stereocenters. The Labute approximate surface area is 126 Å². The fraction of sp³-hybridized carbons (Fsp3) is 0.875. The molecule has 3 rings (SSSR count). The molecule has 0 radical (unpaired) electrons. The minimum atomic E-state index is -0.791. The molecule has 1 unspecified atom stereocenters. The lowest BCUT2D eigenvalue weighted by atomic mass is 9.94. The Morgan fingerprint density at radius 1 is 1.05 bits per heavy atom. The molecule has 1 N–H and O–H groups in total. The molecule has 0 aromatic rings. The van der Waals surface area contributed by atoms with Crippen molar-refractivity contribution in [3.63, 3.8) is 0 Å². The Morgan fingerprint density at radius 3 is 2.19 bits per heavy atom. The maximum absolute atomic E-state index is 12.7. The lowest BCUT2D eigenvalue weighted by Gasteiger charge is -2.36. The highest BCUT2D eigenvalue weighted by atomic mass is 16.4. The number of aliphatic carboxylic acids is 1. The molecule has 0 spiro atoms. The van der Waals surface area contributed by atoms with Gasteiger partial charge in [-0.15, -0.1) is 0 Å². The number of nitrogens with zero attached hydrogens (tertiary/aromatic N) is 2. The Morgan fingerprint density at radius 2 is 1.67 bits per heavy atom. The van der Waals surface area contributed by atoms with E-state index in [0.717, 1.165) is 45.1 Å². The first kappa shape index (κ1) is 14.8. The average molecular weight is 294 g/mol. The summed E-state index contributed by atoms with van der Waals surface area (Å²) in [5.41, 5.74) is 0. The summed E-state index contributed by atoms with van der Waals surface area (Å²) in [5, 5.41) is 9.39. The molecule has 0 aromatic heterocycles. The van der Waals surface area contributed by atoms with E-state index in [1.165, 1.54) is 12.8 Å². The van der Waals surface area contributed by atoms with Crippen LogP contribution < -0.4 is 0 Å². The van der Waals surface area contributed by atoms with Gasteiger partial charge in [0.25, 0.3) is 0 Å². The van der Waals surface area contributed by atoms with Gasteiger partial charge < -0.3 is 10.0 Å². The summed E-state index contributed by atoms with van der Waals surface area (Å²) in [4.78, 5) is 28.5. The number of hydrogen-bond donors (Lipinski definition) is 1. The first-order valence-electron chi connectivity index (χ1n) is 8.35. The third kappa shape index (κ3) is 3.07. The van der Waals surface area contributed by atoms with Crippen molar-refractivity contribution >= 4 is 11.9 Å². The average Bonchev–Trinajstić information content (AvgIpc) is 3.25. The van der Waals surface area contributed by atoms with Crippen LogP contribution >= 0.6 is 0 Å². The topological polar surface area (TPSA) is 60.9 Å². The van der Waals surface area contributed by atoms with Crippen LogP contribution in [-0.2, 0) is 9.59 Å². The summed E-state index contributed by atoms with van der Waals surface area (Å²) in [6.45, 7) is 5.55. The largest absolute Gasteiger partial charge is 0.481 e. The lowest BCUT2D eigenvalue weighted by molar-refractivity contribution is -0.149. The van der Waals surface area contributed by atoms with Crippen molar-refractivity contribution in [3.05, 3.63) is 0 Å². The summed E-state index contributed by atoms with van der Waals surface area (Å²) < 4.78 is 0.